The van der Waals surface area contributed by atoms with Crippen LogP contribution in [-0.2, 0) is 4.79 Å². The van der Waals surface area contributed by atoms with Crippen LogP contribution in [0, 0.1) is 12.8 Å². The molecule has 2 rings (SSSR count). The largest absolute Gasteiger partial charge is 0.508 e. The third-order valence-corrected chi connectivity index (χ3v) is 3.64. The summed E-state index contributed by atoms with van der Waals surface area (Å²) in [7, 11) is 0. The molecular formula is C14H18N2O3. The van der Waals surface area contributed by atoms with E-state index in [0.717, 1.165) is 5.56 Å². The molecule has 0 aromatic heterocycles. The number of likely N-dealkylation sites (tertiary alicyclic amines) is 1. The third kappa shape index (κ3) is 2.86. The van der Waals surface area contributed by atoms with Gasteiger partial charge in [0.25, 0.3) is 5.91 Å². The zero-order valence-electron chi connectivity index (χ0n) is 10.9. The van der Waals surface area contributed by atoms with Gasteiger partial charge in [-0.25, -0.2) is 0 Å². The number of piperidine rings is 1. The molecule has 5 heteroatoms. The number of amides is 2. The lowest BCUT2D eigenvalue weighted by Crippen LogP contribution is -2.41. The first-order valence-corrected chi connectivity index (χ1v) is 6.37. The Labute approximate surface area is 112 Å². The standard InChI is InChI=1S/C14H18N2O3/c1-9-2-3-11(8-12(9)17)14(19)16-6-4-10(5-7-16)13(15)18/h2-3,8,10,17H,4-7H2,1H3,(H2,15,18). The summed E-state index contributed by atoms with van der Waals surface area (Å²) in [4.78, 5) is 25.0. The van der Waals surface area contributed by atoms with Crippen LogP contribution in [0.4, 0.5) is 0 Å². The van der Waals surface area contributed by atoms with Gasteiger partial charge in [-0.1, -0.05) is 6.07 Å². The van der Waals surface area contributed by atoms with Crippen molar-refractivity contribution in [3.8, 4) is 5.75 Å². The fourth-order valence-corrected chi connectivity index (χ4v) is 2.29. The Morgan fingerprint density at radius 1 is 1.32 bits per heavy atom. The van der Waals surface area contributed by atoms with Crippen LogP contribution in [0.25, 0.3) is 0 Å². The number of nitrogens with two attached hydrogens (primary N) is 1. The van der Waals surface area contributed by atoms with Crippen molar-refractivity contribution in [2.45, 2.75) is 19.8 Å². The minimum atomic E-state index is -0.292. The van der Waals surface area contributed by atoms with Crippen LogP contribution < -0.4 is 5.73 Å². The molecule has 1 aromatic rings. The molecule has 1 fully saturated rings. The summed E-state index contributed by atoms with van der Waals surface area (Å²) in [6, 6.07) is 4.91. The average Bonchev–Trinajstić information content (AvgIpc) is 2.41. The Morgan fingerprint density at radius 2 is 1.95 bits per heavy atom. The van der Waals surface area contributed by atoms with Gasteiger partial charge in [-0.3, -0.25) is 9.59 Å². The number of phenolic OH excluding ortho intramolecular Hbond substituents is 1. The van der Waals surface area contributed by atoms with Crippen LogP contribution in [0.5, 0.6) is 5.75 Å². The number of nitrogens with zero attached hydrogens (tertiary/aromatic N) is 1. The number of aryl methyl sites for hydroxylation is 1. The smallest absolute Gasteiger partial charge is 0.253 e. The molecule has 102 valence electrons. The summed E-state index contributed by atoms with van der Waals surface area (Å²) in [5.74, 6) is -0.411. The number of carbonyl (C=O) groups is 2. The number of phenols is 1. The lowest BCUT2D eigenvalue weighted by Gasteiger charge is -2.30. The molecule has 19 heavy (non-hydrogen) atoms. The van der Waals surface area contributed by atoms with Crippen LogP contribution in [0.2, 0.25) is 0 Å². The summed E-state index contributed by atoms with van der Waals surface area (Å²) in [5, 5.41) is 9.63. The van der Waals surface area contributed by atoms with Crippen molar-refractivity contribution in [2.75, 3.05) is 13.1 Å². The Morgan fingerprint density at radius 3 is 2.47 bits per heavy atom. The van der Waals surface area contributed by atoms with Gasteiger partial charge in [0, 0.05) is 24.6 Å². The first-order chi connectivity index (χ1) is 8.99. The molecule has 0 atom stereocenters. The highest BCUT2D eigenvalue weighted by Gasteiger charge is 2.26. The fraction of sp³-hybridized carbons (Fsp3) is 0.429. The first kappa shape index (κ1) is 13.4. The normalized spacial score (nSPS) is 16.4. The molecule has 0 bridgehead atoms. The van der Waals surface area contributed by atoms with Crippen molar-refractivity contribution in [1.29, 1.82) is 0 Å². The van der Waals surface area contributed by atoms with Gasteiger partial charge in [0.1, 0.15) is 5.75 Å². The van der Waals surface area contributed by atoms with E-state index in [1.165, 1.54) is 6.07 Å². The molecule has 0 saturated carbocycles. The number of primary amides is 1. The lowest BCUT2D eigenvalue weighted by atomic mass is 9.96. The van der Waals surface area contributed by atoms with Gasteiger partial charge in [-0.15, -0.1) is 0 Å². The summed E-state index contributed by atoms with van der Waals surface area (Å²) in [6.07, 6.45) is 1.22. The molecule has 1 heterocycles. The molecule has 0 spiro atoms. The highest BCUT2D eigenvalue weighted by Crippen LogP contribution is 2.22. The summed E-state index contributed by atoms with van der Waals surface area (Å²) in [5.41, 5.74) is 6.47. The maximum absolute atomic E-state index is 12.2. The molecule has 3 N–H and O–H groups in total. The van der Waals surface area contributed by atoms with Gasteiger partial charge in [-0.05, 0) is 37.5 Å². The molecule has 0 radical (unpaired) electrons. The van der Waals surface area contributed by atoms with Crippen LogP contribution in [-0.4, -0.2) is 34.9 Å². The first-order valence-electron chi connectivity index (χ1n) is 6.37. The van der Waals surface area contributed by atoms with Crippen LogP contribution >= 0.6 is 0 Å². The van der Waals surface area contributed by atoms with Gasteiger partial charge in [-0.2, -0.15) is 0 Å². The van der Waals surface area contributed by atoms with E-state index in [0.29, 0.717) is 31.5 Å². The monoisotopic (exact) mass is 262 g/mol. The molecule has 1 aromatic carbocycles. The maximum atomic E-state index is 12.2. The van der Waals surface area contributed by atoms with E-state index < -0.39 is 0 Å². The fourth-order valence-electron chi connectivity index (χ4n) is 2.29. The van der Waals surface area contributed by atoms with Crippen molar-refractivity contribution >= 4 is 11.8 Å². The van der Waals surface area contributed by atoms with E-state index in [1.54, 1.807) is 24.0 Å². The summed E-state index contributed by atoms with van der Waals surface area (Å²) < 4.78 is 0. The van der Waals surface area contributed by atoms with E-state index in [9.17, 15) is 14.7 Å². The number of hydrogen-bond acceptors (Lipinski definition) is 3. The lowest BCUT2D eigenvalue weighted by molar-refractivity contribution is -0.123. The van der Waals surface area contributed by atoms with Crippen molar-refractivity contribution in [2.24, 2.45) is 11.7 Å². The van der Waals surface area contributed by atoms with E-state index in [1.807, 2.05) is 0 Å². The second kappa shape index (κ2) is 5.30. The molecule has 0 unspecified atom stereocenters. The van der Waals surface area contributed by atoms with Gasteiger partial charge < -0.3 is 15.7 Å². The number of rotatable bonds is 2. The molecule has 2 amide bonds. The van der Waals surface area contributed by atoms with Gasteiger partial charge >= 0.3 is 0 Å². The molecule has 0 aliphatic carbocycles. The minimum Gasteiger partial charge on any atom is -0.508 e. The van der Waals surface area contributed by atoms with Crippen molar-refractivity contribution in [3.05, 3.63) is 29.3 Å². The number of aromatic hydroxyl groups is 1. The number of hydrogen-bond donors (Lipinski definition) is 2. The predicted molar refractivity (Wildman–Crippen MR) is 70.7 cm³/mol. The highest BCUT2D eigenvalue weighted by molar-refractivity contribution is 5.95. The number of carbonyl (C=O) groups excluding carboxylic acids is 2. The summed E-state index contributed by atoms with van der Waals surface area (Å²) in [6.45, 7) is 2.84. The predicted octanol–water partition coefficient (Wildman–Crippen LogP) is 1.04. The quantitative estimate of drug-likeness (QED) is 0.835. The molecule has 1 saturated heterocycles. The Bertz CT molecular complexity index is 505. The van der Waals surface area contributed by atoms with E-state index >= 15 is 0 Å². The van der Waals surface area contributed by atoms with Gasteiger partial charge in [0.15, 0.2) is 0 Å². The summed E-state index contributed by atoms with van der Waals surface area (Å²) >= 11 is 0. The molecule has 1 aliphatic heterocycles. The zero-order chi connectivity index (χ0) is 14.0. The number of benzene rings is 1. The Balaban J connectivity index is 2.05. The third-order valence-electron chi connectivity index (χ3n) is 3.64. The van der Waals surface area contributed by atoms with E-state index in [2.05, 4.69) is 0 Å². The maximum Gasteiger partial charge on any atom is 0.253 e. The topological polar surface area (TPSA) is 83.6 Å². The van der Waals surface area contributed by atoms with E-state index in [4.69, 9.17) is 5.73 Å². The second-order valence-electron chi connectivity index (χ2n) is 4.97. The SMILES string of the molecule is Cc1ccc(C(=O)N2CCC(C(N)=O)CC2)cc1O. The highest BCUT2D eigenvalue weighted by atomic mass is 16.3. The van der Waals surface area contributed by atoms with Gasteiger partial charge in [0.05, 0.1) is 0 Å². The van der Waals surface area contributed by atoms with Crippen LogP contribution in [0.3, 0.4) is 0 Å². The van der Waals surface area contributed by atoms with Crippen LogP contribution in [0.1, 0.15) is 28.8 Å². The molecular weight excluding hydrogens is 244 g/mol. The van der Waals surface area contributed by atoms with Crippen molar-refractivity contribution in [1.82, 2.24) is 4.90 Å². The van der Waals surface area contributed by atoms with Crippen LogP contribution in [0.15, 0.2) is 18.2 Å². The minimum absolute atomic E-state index is 0.113. The van der Waals surface area contributed by atoms with Crippen molar-refractivity contribution < 1.29 is 14.7 Å². The molecule has 1 aliphatic rings. The van der Waals surface area contributed by atoms with Crippen molar-refractivity contribution in [3.63, 3.8) is 0 Å². The Kier molecular flexibility index (Phi) is 3.74. The van der Waals surface area contributed by atoms with E-state index in [-0.39, 0.29) is 23.5 Å². The zero-order valence-corrected chi connectivity index (χ0v) is 10.9. The Hall–Kier alpha value is -2.04. The average molecular weight is 262 g/mol. The second-order valence-corrected chi connectivity index (χ2v) is 4.97. The van der Waals surface area contributed by atoms with Gasteiger partial charge in [0.2, 0.25) is 5.91 Å². The molecule has 5 nitrogen and oxygen atoms in total.